The Kier molecular flexibility index (Phi) is 4.59. The molecule has 3 heterocycles. The third-order valence-corrected chi connectivity index (χ3v) is 5.05. The topological polar surface area (TPSA) is 50.8 Å². The molecule has 1 aliphatic carbocycles. The molecular weight excluding hydrogens is 338 g/mol. The van der Waals surface area contributed by atoms with Gasteiger partial charge in [0.05, 0.1) is 23.5 Å². The van der Waals surface area contributed by atoms with Gasteiger partial charge < -0.3 is 4.42 Å². The van der Waals surface area contributed by atoms with Crippen LogP contribution in [-0.2, 0) is 13.1 Å². The highest BCUT2D eigenvalue weighted by atomic mass is 35.5. The molecule has 3 aromatic rings. The lowest BCUT2D eigenvalue weighted by atomic mass is 10.2. The molecule has 4 rings (SSSR count). The fraction of sp³-hybridized carbons (Fsp3) is 0.368. The van der Waals surface area contributed by atoms with E-state index in [-0.39, 0.29) is 5.56 Å². The van der Waals surface area contributed by atoms with Gasteiger partial charge in [0.2, 0.25) is 0 Å². The number of rotatable bonds is 5. The van der Waals surface area contributed by atoms with E-state index in [9.17, 15) is 4.79 Å². The molecule has 0 N–H and O–H groups in total. The van der Waals surface area contributed by atoms with Gasteiger partial charge in [-0.25, -0.2) is 4.98 Å². The first-order valence-electron chi connectivity index (χ1n) is 8.63. The minimum atomic E-state index is -0.105. The van der Waals surface area contributed by atoms with E-state index in [1.165, 1.54) is 30.1 Å². The zero-order valence-corrected chi connectivity index (χ0v) is 14.7. The molecule has 0 spiro atoms. The Hall–Kier alpha value is -2.11. The Morgan fingerprint density at radius 1 is 1.24 bits per heavy atom. The number of fused-ring (bicyclic) bond motifs is 1. The zero-order valence-electron chi connectivity index (χ0n) is 13.9. The Morgan fingerprint density at radius 2 is 2.08 bits per heavy atom. The van der Waals surface area contributed by atoms with Crippen LogP contribution in [0.15, 0.2) is 52.0 Å². The van der Waals surface area contributed by atoms with Crippen LogP contribution in [0.5, 0.6) is 0 Å². The summed E-state index contributed by atoms with van der Waals surface area (Å²) in [5.41, 5.74) is 1.30. The number of nitrogens with zero attached hydrogens (tertiary/aromatic N) is 3. The third kappa shape index (κ3) is 3.62. The summed E-state index contributed by atoms with van der Waals surface area (Å²) >= 11 is 5.97. The maximum absolute atomic E-state index is 12.4. The standard InChI is InChI=1S/C19H20ClN3O2/c20-14-7-8-18-21-15(10-19(24)23(18)11-14)12-22(16-4-1-2-5-16)13-17-6-3-9-25-17/h3,6-11,16H,1-2,4-5,12-13H2. The molecular formula is C19H20ClN3O2. The summed E-state index contributed by atoms with van der Waals surface area (Å²) in [5.74, 6) is 0.941. The number of halogens is 1. The quantitative estimate of drug-likeness (QED) is 0.695. The summed E-state index contributed by atoms with van der Waals surface area (Å²) in [5, 5.41) is 0.523. The minimum Gasteiger partial charge on any atom is -0.468 e. The largest absolute Gasteiger partial charge is 0.468 e. The van der Waals surface area contributed by atoms with Gasteiger partial charge >= 0.3 is 0 Å². The van der Waals surface area contributed by atoms with Crippen molar-refractivity contribution < 1.29 is 4.42 Å². The van der Waals surface area contributed by atoms with Crippen molar-refractivity contribution >= 4 is 17.2 Å². The first-order chi connectivity index (χ1) is 12.2. The summed E-state index contributed by atoms with van der Waals surface area (Å²) in [6.45, 7) is 1.37. The van der Waals surface area contributed by atoms with Crippen LogP contribution in [0.1, 0.15) is 37.1 Å². The van der Waals surface area contributed by atoms with Crippen LogP contribution in [-0.4, -0.2) is 20.3 Å². The maximum Gasteiger partial charge on any atom is 0.258 e. The van der Waals surface area contributed by atoms with Gasteiger partial charge in [0.25, 0.3) is 5.56 Å². The van der Waals surface area contributed by atoms with E-state index < -0.39 is 0 Å². The maximum atomic E-state index is 12.4. The molecule has 0 bridgehead atoms. The molecule has 0 aromatic carbocycles. The predicted molar refractivity (Wildman–Crippen MR) is 96.7 cm³/mol. The second-order valence-corrected chi connectivity index (χ2v) is 7.02. The van der Waals surface area contributed by atoms with Crippen molar-refractivity contribution in [2.45, 2.75) is 44.8 Å². The molecule has 5 nitrogen and oxygen atoms in total. The SMILES string of the molecule is O=c1cc(CN(Cc2ccco2)C2CCCC2)nc2ccc(Cl)cn12. The summed E-state index contributed by atoms with van der Waals surface area (Å²) < 4.78 is 7.01. The number of hydrogen-bond acceptors (Lipinski definition) is 4. The van der Waals surface area contributed by atoms with Crippen LogP contribution < -0.4 is 5.56 Å². The van der Waals surface area contributed by atoms with E-state index in [0.717, 1.165) is 18.0 Å². The molecule has 130 valence electrons. The molecule has 0 radical (unpaired) electrons. The van der Waals surface area contributed by atoms with Gasteiger partial charge in [-0.05, 0) is 37.1 Å². The first-order valence-corrected chi connectivity index (χ1v) is 9.01. The fourth-order valence-electron chi connectivity index (χ4n) is 3.60. The van der Waals surface area contributed by atoms with Gasteiger partial charge in [-0.15, -0.1) is 0 Å². The average molecular weight is 358 g/mol. The van der Waals surface area contributed by atoms with Crippen molar-refractivity contribution in [3.63, 3.8) is 0 Å². The molecule has 6 heteroatoms. The normalized spacial score (nSPS) is 15.4. The van der Waals surface area contributed by atoms with Crippen molar-refractivity contribution in [2.75, 3.05) is 0 Å². The van der Waals surface area contributed by atoms with Gasteiger partial charge in [0.1, 0.15) is 11.4 Å². The molecule has 0 amide bonds. The predicted octanol–water partition coefficient (Wildman–Crippen LogP) is 3.89. The summed E-state index contributed by atoms with van der Waals surface area (Å²) in [6.07, 6.45) is 8.18. The second-order valence-electron chi connectivity index (χ2n) is 6.58. The van der Waals surface area contributed by atoms with Crippen molar-refractivity contribution in [1.29, 1.82) is 0 Å². The highest BCUT2D eigenvalue weighted by Crippen LogP contribution is 2.26. The number of furan rings is 1. The highest BCUT2D eigenvalue weighted by Gasteiger charge is 2.24. The lowest BCUT2D eigenvalue weighted by Gasteiger charge is -2.27. The fourth-order valence-corrected chi connectivity index (χ4v) is 3.76. The van der Waals surface area contributed by atoms with E-state index in [2.05, 4.69) is 9.88 Å². The van der Waals surface area contributed by atoms with Gasteiger partial charge in [-0.1, -0.05) is 24.4 Å². The number of aromatic nitrogens is 2. The molecule has 0 unspecified atom stereocenters. The van der Waals surface area contributed by atoms with Crippen LogP contribution in [0.2, 0.25) is 5.02 Å². The van der Waals surface area contributed by atoms with E-state index in [1.54, 1.807) is 30.7 Å². The van der Waals surface area contributed by atoms with Gasteiger partial charge in [-0.2, -0.15) is 0 Å². The van der Waals surface area contributed by atoms with E-state index >= 15 is 0 Å². The molecule has 1 saturated carbocycles. The van der Waals surface area contributed by atoms with Crippen LogP contribution in [0, 0.1) is 0 Å². The van der Waals surface area contributed by atoms with E-state index in [0.29, 0.717) is 23.3 Å². The van der Waals surface area contributed by atoms with Crippen molar-refractivity contribution in [3.8, 4) is 0 Å². The highest BCUT2D eigenvalue weighted by molar-refractivity contribution is 6.30. The first kappa shape index (κ1) is 16.4. The summed E-state index contributed by atoms with van der Waals surface area (Å²) in [7, 11) is 0. The lowest BCUT2D eigenvalue weighted by Crippen LogP contribution is -2.33. The van der Waals surface area contributed by atoms with Gasteiger partial charge in [0.15, 0.2) is 0 Å². The molecule has 1 aliphatic rings. The van der Waals surface area contributed by atoms with Crippen LogP contribution in [0.3, 0.4) is 0 Å². The Morgan fingerprint density at radius 3 is 2.84 bits per heavy atom. The van der Waals surface area contributed by atoms with Crippen LogP contribution in [0.4, 0.5) is 0 Å². The summed E-state index contributed by atoms with van der Waals surface area (Å²) in [4.78, 5) is 19.4. The van der Waals surface area contributed by atoms with E-state index in [4.69, 9.17) is 16.0 Å². The Balaban J connectivity index is 1.63. The van der Waals surface area contributed by atoms with Gasteiger partial charge in [0, 0.05) is 24.8 Å². The summed E-state index contributed by atoms with van der Waals surface area (Å²) in [6, 6.07) is 9.55. The number of pyridine rings is 1. The van der Waals surface area contributed by atoms with Crippen molar-refractivity contribution in [3.05, 3.63) is 69.6 Å². The van der Waals surface area contributed by atoms with Crippen LogP contribution >= 0.6 is 11.6 Å². The minimum absolute atomic E-state index is 0.105. The Labute approximate surface area is 150 Å². The zero-order chi connectivity index (χ0) is 17.2. The molecule has 0 atom stereocenters. The Bertz CT molecular complexity index is 914. The van der Waals surface area contributed by atoms with E-state index in [1.807, 2.05) is 12.1 Å². The monoisotopic (exact) mass is 357 g/mol. The smallest absolute Gasteiger partial charge is 0.258 e. The third-order valence-electron chi connectivity index (χ3n) is 4.82. The lowest BCUT2D eigenvalue weighted by molar-refractivity contribution is 0.165. The second kappa shape index (κ2) is 7.02. The molecule has 0 aliphatic heterocycles. The van der Waals surface area contributed by atoms with Crippen molar-refractivity contribution in [2.24, 2.45) is 0 Å². The molecule has 3 aromatic heterocycles. The van der Waals surface area contributed by atoms with Crippen molar-refractivity contribution in [1.82, 2.24) is 14.3 Å². The molecule has 25 heavy (non-hydrogen) atoms. The molecule has 0 saturated heterocycles. The molecule has 1 fully saturated rings. The number of hydrogen-bond donors (Lipinski definition) is 0. The van der Waals surface area contributed by atoms with Gasteiger partial charge in [-0.3, -0.25) is 14.1 Å². The van der Waals surface area contributed by atoms with Crippen LogP contribution in [0.25, 0.3) is 5.65 Å². The average Bonchev–Trinajstić information content (AvgIpc) is 3.28.